The Balaban J connectivity index is 1.99. The van der Waals surface area contributed by atoms with Gasteiger partial charge in [-0.3, -0.25) is 0 Å². The molecule has 1 saturated carbocycles. The second-order valence-electron chi connectivity index (χ2n) is 5.44. The first-order valence-electron chi connectivity index (χ1n) is 6.89. The zero-order valence-electron chi connectivity index (χ0n) is 11.4. The van der Waals surface area contributed by atoms with E-state index in [1.807, 2.05) is 37.3 Å². The molecule has 4 heteroatoms. The van der Waals surface area contributed by atoms with Crippen LogP contribution in [-0.4, -0.2) is 23.8 Å². The smallest absolute Gasteiger partial charge is 0.315 e. The highest BCUT2D eigenvalue weighted by Crippen LogP contribution is 2.21. The molecule has 19 heavy (non-hydrogen) atoms. The first-order chi connectivity index (χ1) is 9.14. The van der Waals surface area contributed by atoms with Crippen molar-refractivity contribution < 1.29 is 9.90 Å². The minimum atomic E-state index is -0.746. The van der Waals surface area contributed by atoms with Crippen LogP contribution in [0, 0.1) is 0 Å². The number of carbonyl (C=O) groups excluding carboxylic acids is 1. The minimum Gasteiger partial charge on any atom is -0.394 e. The lowest BCUT2D eigenvalue weighted by Crippen LogP contribution is -2.52. The number of hydrogen-bond acceptors (Lipinski definition) is 2. The van der Waals surface area contributed by atoms with Crippen molar-refractivity contribution in [3.63, 3.8) is 0 Å². The molecule has 1 fully saturated rings. The Labute approximate surface area is 114 Å². The zero-order valence-corrected chi connectivity index (χ0v) is 11.4. The van der Waals surface area contributed by atoms with E-state index in [9.17, 15) is 9.90 Å². The highest BCUT2D eigenvalue weighted by atomic mass is 16.3. The highest BCUT2D eigenvalue weighted by molar-refractivity contribution is 5.75. The van der Waals surface area contributed by atoms with E-state index in [4.69, 9.17) is 0 Å². The maximum Gasteiger partial charge on any atom is 0.315 e. The van der Waals surface area contributed by atoms with Gasteiger partial charge in [0.25, 0.3) is 0 Å². The second kappa shape index (κ2) is 6.06. The van der Waals surface area contributed by atoms with Gasteiger partial charge in [0.15, 0.2) is 0 Å². The molecule has 1 unspecified atom stereocenters. The van der Waals surface area contributed by atoms with Crippen molar-refractivity contribution >= 4 is 6.03 Å². The quantitative estimate of drug-likeness (QED) is 0.778. The number of aliphatic hydroxyl groups excluding tert-OH is 1. The molecular weight excluding hydrogens is 240 g/mol. The van der Waals surface area contributed by atoms with Gasteiger partial charge in [0.2, 0.25) is 0 Å². The lowest BCUT2D eigenvalue weighted by molar-refractivity contribution is 0.170. The predicted octanol–water partition coefficient (Wildman–Crippen LogP) is 2.14. The molecule has 1 aliphatic carbocycles. The van der Waals surface area contributed by atoms with Gasteiger partial charge in [-0.05, 0) is 25.3 Å². The molecule has 3 N–H and O–H groups in total. The van der Waals surface area contributed by atoms with Crippen molar-refractivity contribution in [2.45, 2.75) is 44.2 Å². The number of benzene rings is 1. The van der Waals surface area contributed by atoms with E-state index < -0.39 is 5.54 Å². The molecule has 4 nitrogen and oxygen atoms in total. The van der Waals surface area contributed by atoms with Gasteiger partial charge in [-0.25, -0.2) is 4.79 Å². The normalized spacial score (nSPS) is 18.8. The summed E-state index contributed by atoms with van der Waals surface area (Å²) < 4.78 is 0. The molecule has 0 spiro atoms. The highest BCUT2D eigenvalue weighted by Gasteiger charge is 2.28. The summed E-state index contributed by atoms with van der Waals surface area (Å²) in [5.74, 6) is 0. The Morgan fingerprint density at radius 3 is 2.53 bits per heavy atom. The molecule has 0 aliphatic heterocycles. The minimum absolute atomic E-state index is 0.130. The number of amides is 2. The molecule has 1 aromatic rings. The van der Waals surface area contributed by atoms with Gasteiger partial charge in [0, 0.05) is 6.04 Å². The maximum atomic E-state index is 12.0. The van der Waals surface area contributed by atoms with E-state index in [-0.39, 0.29) is 18.7 Å². The van der Waals surface area contributed by atoms with Gasteiger partial charge < -0.3 is 15.7 Å². The number of aliphatic hydroxyl groups is 1. The average Bonchev–Trinajstić information content (AvgIpc) is 2.92. The Kier molecular flexibility index (Phi) is 4.43. The summed E-state index contributed by atoms with van der Waals surface area (Å²) in [4.78, 5) is 12.0. The Hall–Kier alpha value is -1.55. The average molecular weight is 262 g/mol. The molecule has 1 aliphatic rings. The SMILES string of the molecule is CC(CO)(NC(=O)NC1CCCC1)c1ccccc1. The van der Waals surface area contributed by atoms with Gasteiger partial charge in [0.1, 0.15) is 0 Å². The van der Waals surface area contributed by atoms with Crippen molar-refractivity contribution in [3.05, 3.63) is 35.9 Å². The van der Waals surface area contributed by atoms with Crippen molar-refractivity contribution in [1.82, 2.24) is 10.6 Å². The Morgan fingerprint density at radius 1 is 1.32 bits per heavy atom. The fourth-order valence-corrected chi connectivity index (χ4v) is 2.55. The van der Waals surface area contributed by atoms with Crippen LogP contribution in [0.3, 0.4) is 0 Å². The molecule has 2 rings (SSSR count). The summed E-state index contributed by atoms with van der Waals surface area (Å²) in [6.45, 7) is 1.70. The summed E-state index contributed by atoms with van der Waals surface area (Å²) in [5.41, 5.74) is 0.156. The van der Waals surface area contributed by atoms with E-state index in [1.54, 1.807) is 0 Å². The van der Waals surface area contributed by atoms with Gasteiger partial charge in [-0.15, -0.1) is 0 Å². The van der Waals surface area contributed by atoms with E-state index in [1.165, 1.54) is 12.8 Å². The first kappa shape index (κ1) is 13.9. The van der Waals surface area contributed by atoms with Crippen molar-refractivity contribution in [2.24, 2.45) is 0 Å². The number of rotatable bonds is 4. The van der Waals surface area contributed by atoms with Crippen LogP contribution in [0.4, 0.5) is 4.79 Å². The number of carbonyl (C=O) groups is 1. The fraction of sp³-hybridized carbons (Fsp3) is 0.533. The summed E-state index contributed by atoms with van der Waals surface area (Å²) in [6.07, 6.45) is 4.46. The summed E-state index contributed by atoms with van der Waals surface area (Å²) in [6, 6.07) is 9.61. The van der Waals surface area contributed by atoms with E-state index >= 15 is 0 Å². The number of nitrogens with one attached hydrogen (secondary N) is 2. The third-order valence-corrected chi connectivity index (χ3v) is 3.81. The predicted molar refractivity (Wildman–Crippen MR) is 74.8 cm³/mol. The van der Waals surface area contributed by atoms with Crippen LogP contribution in [0.1, 0.15) is 38.2 Å². The lowest BCUT2D eigenvalue weighted by atomic mass is 9.93. The van der Waals surface area contributed by atoms with Crippen LogP contribution in [0.2, 0.25) is 0 Å². The van der Waals surface area contributed by atoms with Crippen molar-refractivity contribution in [3.8, 4) is 0 Å². The molecule has 0 saturated heterocycles. The van der Waals surface area contributed by atoms with Crippen molar-refractivity contribution in [1.29, 1.82) is 0 Å². The second-order valence-corrected chi connectivity index (χ2v) is 5.44. The van der Waals surface area contributed by atoms with E-state index in [0.29, 0.717) is 0 Å². The topological polar surface area (TPSA) is 61.4 Å². The van der Waals surface area contributed by atoms with E-state index in [2.05, 4.69) is 10.6 Å². The van der Waals surface area contributed by atoms with Crippen LogP contribution in [0.5, 0.6) is 0 Å². The molecular formula is C15H22N2O2. The third-order valence-electron chi connectivity index (χ3n) is 3.81. The Morgan fingerprint density at radius 2 is 1.95 bits per heavy atom. The summed E-state index contributed by atoms with van der Waals surface area (Å²) >= 11 is 0. The van der Waals surface area contributed by atoms with Crippen LogP contribution >= 0.6 is 0 Å². The molecule has 2 amide bonds. The lowest BCUT2D eigenvalue weighted by Gasteiger charge is -2.30. The molecule has 1 atom stereocenters. The molecule has 104 valence electrons. The van der Waals surface area contributed by atoms with Crippen LogP contribution in [-0.2, 0) is 5.54 Å². The number of hydrogen-bond donors (Lipinski definition) is 3. The largest absolute Gasteiger partial charge is 0.394 e. The standard InChI is InChI=1S/C15H22N2O2/c1-15(11-18,12-7-3-2-4-8-12)17-14(19)16-13-9-5-6-10-13/h2-4,7-8,13,18H,5-6,9-11H2,1H3,(H2,16,17,19). The Bertz CT molecular complexity index is 415. The first-order valence-corrected chi connectivity index (χ1v) is 6.89. The van der Waals surface area contributed by atoms with E-state index in [0.717, 1.165) is 18.4 Å². The van der Waals surface area contributed by atoms with Gasteiger partial charge in [-0.2, -0.15) is 0 Å². The van der Waals surface area contributed by atoms with Gasteiger partial charge >= 0.3 is 6.03 Å². The van der Waals surface area contributed by atoms with Crippen LogP contribution < -0.4 is 10.6 Å². The third kappa shape index (κ3) is 3.47. The van der Waals surface area contributed by atoms with Gasteiger partial charge in [0.05, 0.1) is 12.1 Å². The summed E-state index contributed by atoms with van der Waals surface area (Å²) in [5, 5.41) is 15.5. The molecule has 0 aromatic heterocycles. The van der Waals surface area contributed by atoms with Crippen LogP contribution in [0.25, 0.3) is 0 Å². The number of urea groups is 1. The van der Waals surface area contributed by atoms with Gasteiger partial charge in [-0.1, -0.05) is 43.2 Å². The molecule has 0 radical (unpaired) electrons. The van der Waals surface area contributed by atoms with Crippen LogP contribution in [0.15, 0.2) is 30.3 Å². The molecule has 0 heterocycles. The fourth-order valence-electron chi connectivity index (χ4n) is 2.55. The monoisotopic (exact) mass is 262 g/mol. The maximum absolute atomic E-state index is 12.0. The summed E-state index contributed by atoms with van der Waals surface area (Å²) in [7, 11) is 0. The van der Waals surface area contributed by atoms with Crippen molar-refractivity contribution in [2.75, 3.05) is 6.61 Å². The molecule has 1 aromatic carbocycles. The molecule has 0 bridgehead atoms. The zero-order chi connectivity index (χ0) is 13.7.